The van der Waals surface area contributed by atoms with Crippen molar-refractivity contribution in [1.29, 1.82) is 0 Å². The first-order valence-electron chi connectivity index (χ1n) is 5.75. The fourth-order valence-corrected chi connectivity index (χ4v) is 1.22. The van der Waals surface area contributed by atoms with Crippen LogP contribution in [0.1, 0.15) is 19.3 Å². The average Bonchev–Trinajstić information content (AvgIpc) is 3.09. The van der Waals surface area contributed by atoms with Crippen molar-refractivity contribution in [2.24, 2.45) is 0 Å². The third-order valence-electron chi connectivity index (χ3n) is 2.39. The van der Waals surface area contributed by atoms with Gasteiger partial charge in [0.2, 0.25) is 0 Å². The van der Waals surface area contributed by atoms with Crippen LogP contribution < -0.4 is 16.0 Å². The Balaban J connectivity index is 1.91. The molecule has 1 atom stereocenters. The molecule has 1 aliphatic carbocycles. The second-order valence-electron chi connectivity index (χ2n) is 4.07. The number of aliphatic hydroxyl groups excluding tert-OH is 1. The molecule has 0 heterocycles. The summed E-state index contributed by atoms with van der Waals surface area (Å²) >= 11 is 0. The number of amides is 2. The summed E-state index contributed by atoms with van der Waals surface area (Å²) in [6, 6.07) is 0.200. The minimum Gasteiger partial charge on any atom is -0.479 e. The Morgan fingerprint density at radius 2 is 1.94 bits per heavy atom. The van der Waals surface area contributed by atoms with Crippen LogP contribution in [-0.2, 0) is 4.79 Å². The van der Waals surface area contributed by atoms with Crippen LogP contribution in [0.5, 0.6) is 0 Å². The minimum atomic E-state index is -1.56. The standard InChI is InChI=1S/C10H19N3O4/c14-8(9(15)16)6-13-10(17)12-5-1-4-11-7-2-3-7/h7-8,11,14H,1-6H2,(H,15,16)(H2,12,13,17). The van der Waals surface area contributed by atoms with Crippen molar-refractivity contribution in [3.05, 3.63) is 0 Å². The van der Waals surface area contributed by atoms with Crippen LogP contribution in [0.4, 0.5) is 4.79 Å². The molecule has 17 heavy (non-hydrogen) atoms. The van der Waals surface area contributed by atoms with E-state index in [1.165, 1.54) is 12.8 Å². The van der Waals surface area contributed by atoms with Crippen LogP contribution in [0.2, 0.25) is 0 Å². The first kappa shape index (κ1) is 13.7. The molecule has 0 bridgehead atoms. The lowest BCUT2D eigenvalue weighted by Gasteiger charge is -2.09. The molecule has 1 saturated carbocycles. The van der Waals surface area contributed by atoms with E-state index in [2.05, 4.69) is 16.0 Å². The third-order valence-corrected chi connectivity index (χ3v) is 2.39. The number of carbonyl (C=O) groups excluding carboxylic acids is 1. The Morgan fingerprint density at radius 1 is 1.24 bits per heavy atom. The molecule has 0 saturated heterocycles. The van der Waals surface area contributed by atoms with Gasteiger partial charge in [-0.15, -0.1) is 0 Å². The third kappa shape index (κ3) is 6.75. The van der Waals surface area contributed by atoms with Gasteiger partial charge in [-0.3, -0.25) is 0 Å². The molecular weight excluding hydrogens is 226 g/mol. The van der Waals surface area contributed by atoms with Crippen molar-refractivity contribution < 1.29 is 19.8 Å². The van der Waals surface area contributed by atoms with Gasteiger partial charge in [0.05, 0.1) is 6.54 Å². The smallest absolute Gasteiger partial charge is 0.334 e. The van der Waals surface area contributed by atoms with E-state index in [1.54, 1.807) is 0 Å². The summed E-state index contributed by atoms with van der Waals surface area (Å²) in [6.07, 6.45) is 1.74. The van der Waals surface area contributed by atoms with Crippen LogP contribution in [0.3, 0.4) is 0 Å². The molecular formula is C10H19N3O4. The number of carboxylic acids is 1. The number of urea groups is 1. The van der Waals surface area contributed by atoms with Gasteiger partial charge in [-0.05, 0) is 25.8 Å². The molecule has 0 aromatic rings. The van der Waals surface area contributed by atoms with Gasteiger partial charge in [0.15, 0.2) is 6.10 Å². The molecule has 1 unspecified atom stereocenters. The van der Waals surface area contributed by atoms with E-state index in [9.17, 15) is 9.59 Å². The number of hydrogen-bond donors (Lipinski definition) is 5. The second kappa shape index (κ2) is 7.08. The van der Waals surface area contributed by atoms with Gasteiger partial charge in [-0.2, -0.15) is 0 Å². The van der Waals surface area contributed by atoms with Crippen molar-refractivity contribution in [2.45, 2.75) is 31.4 Å². The zero-order valence-corrected chi connectivity index (χ0v) is 9.61. The molecule has 1 aliphatic rings. The van der Waals surface area contributed by atoms with Gasteiger partial charge < -0.3 is 26.2 Å². The maximum atomic E-state index is 11.1. The van der Waals surface area contributed by atoms with Crippen molar-refractivity contribution in [1.82, 2.24) is 16.0 Å². The Morgan fingerprint density at radius 3 is 2.53 bits per heavy atom. The Labute approximate surface area is 99.6 Å². The molecule has 0 radical (unpaired) electrons. The maximum Gasteiger partial charge on any atom is 0.334 e. The highest BCUT2D eigenvalue weighted by Crippen LogP contribution is 2.18. The largest absolute Gasteiger partial charge is 0.479 e. The Hall–Kier alpha value is -1.34. The van der Waals surface area contributed by atoms with E-state index in [0.717, 1.165) is 13.0 Å². The van der Waals surface area contributed by atoms with Gasteiger partial charge in [0.25, 0.3) is 0 Å². The summed E-state index contributed by atoms with van der Waals surface area (Å²) in [6.45, 7) is 1.10. The van der Waals surface area contributed by atoms with E-state index >= 15 is 0 Å². The average molecular weight is 245 g/mol. The molecule has 0 aromatic heterocycles. The lowest BCUT2D eigenvalue weighted by molar-refractivity contribution is -0.146. The number of aliphatic hydroxyl groups is 1. The molecule has 2 amide bonds. The lowest BCUT2D eigenvalue weighted by atomic mass is 10.3. The number of aliphatic carboxylic acids is 1. The molecule has 5 N–H and O–H groups in total. The highest BCUT2D eigenvalue weighted by Gasteiger charge is 2.19. The van der Waals surface area contributed by atoms with E-state index in [0.29, 0.717) is 12.6 Å². The van der Waals surface area contributed by atoms with Crippen LogP contribution in [0.25, 0.3) is 0 Å². The van der Waals surface area contributed by atoms with Crippen LogP contribution in [-0.4, -0.2) is 54.0 Å². The summed E-state index contributed by atoms with van der Waals surface area (Å²) in [5.41, 5.74) is 0. The zero-order valence-electron chi connectivity index (χ0n) is 9.61. The number of hydrogen-bond acceptors (Lipinski definition) is 4. The summed E-state index contributed by atoms with van der Waals surface area (Å²) in [5.74, 6) is -1.35. The van der Waals surface area contributed by atoms with E-state index in [1.807, 2.05) is 0 Å². The quantitative estimate of drug-likeness (QED) is 0.348. The molecule has 0 spiro atoms. The molecule has 0 aliphatic heterocycles. The molecule has 7 nitrogen and oxygen atoms in total. The zero-order chi connectivity index (χ0) is 12.7. The molecule has 98 valence electrons. The predicted octanol–water partition coefficient (Wildman–Crippen LogP) is -1.13. The van der Waals surface area contributed by atoms with Crippen molar-refractivity contribution in [3.63, 3.8) is 0 Å². The molecule has 1 fully saturated rings. The molecule has 1 rings (SSSR count). The number of rotatable bonds is 8. The van der Waals surface area contributed by atoms with Gasteiger partial charge in [-0.1, -0.05) is 0 Å². The van der Waals surface area contributed by atoms with Gasteiger partial charge in [0, 0.05) is 12.6 Å². The minimum absolute atomic E-state index is 0.290. The van der Waals surface area contributed by atoms with Crippen LogP contribution in [0.15, 0.2) is 0 Å². The topological polar surface area (TPSA) is 111 Å². The van der Waals surface area contributed by atoms with Crippen LogP contribution >= 0.6 is 0 Å². The first-order valence-corrected chi connectivity index (χ1v) is 5.75. The molecule has 7 heteroatoms. The number of carboxylic acid groups (broad SMARTS) is 1. The van der Waals surface area contributed by atoms with Gasteiger partial charge in [0.1, 0.15) is 0 Å². The van der Waals surface area contributed by atoms with Gasteiger partial charge in [-0.25, -0.2) is 9.59 Å². The van der Waals surface area contributed by atoms with E-state index < -0.39 is 18.1 Å². The SMILES string of the molecule is O=C(NCCCNC1CC1)NCC(O)C(=O)O. The number of nitrogens with one attached hydrogen (secondary N) is 3. The number of carbonyl (C=O) groups is 2. The Bertz CT molecular complexity index is 268. The van der Waals surface area contributed by atoms with Crippen molar-refractivity contribution in [3.8, 4) is 0 Å². The fourth-order valence-electron chi connectivity index (χ4n) is 1.22. The van der Waals surface area contributed by atoms with E-state index in [-0.39, 0.29) is 6.54 Å². The fraction of sp³-hybridized carbons (Fsp3) is 0.800. The second-order valence-corrected chi connectivity index (χ2v) is 4.07. The summed E-state index contributed by atoms with van der Waals surface area (Å²) in [4.78, 5) is 21.4. The lowest BCUT2D eigenvalue weighted by Crippen LogP contribution is -2.42. The van der Waals surface area contributed by atoms with E-state index in [4.69, 9.17) is 10.2 Å². The summed E-state index contributed by atoms with van der Waals surface area (Å²) < 4.78 is 0. The maximum absolute atomic E-state index is 11.1. The Kier molecular flexibility index (Phi) is 5.71. The predicted molar refractivity (Wildman–Crippen MR) is 60.7 cm³/mol. The highest BCUT2D eigenvalue weighted by atomic mass is 16.4. The van der Waals surface area contributed by atoms with Crippen molar-refractivity contribution >= 4 is 12.0 Å². The van der Waals surface area contributed by atoms with Crippen molar-refractivity contribution in [2.75, 3.05) is 19.6 Å². The summed E-state index contributed by atoms with van der Waals surface area (Å²) in [5, 5.41) is 25.4. The monoisotopic (exact) mass is 245 g/mol. The molecule has 0 aromatic carbocycles. The first-order chi connectivity index (χ1) is 8.09. The van der Waals surface area contributed by atoms with Gasteiger partial charge >= 0.3 is 12.0 Å². The highest BCUT2D eigenvalue weighted by molar-refractivity contribution is 5.76. The van der Waals surface area contributed by atoms with Crippen LogP contribution in [0, 0.1) is 0 Å². The normalized spacial score (nSPS) is 16.3. The summed E-state index contributed by atoms with van der Waals surface area (Å²) in [7, 11) is 0.